The summed E-state index contributed by atoms with van der Waals surface area (Å²) in [7, 11) is 0. The van der Waals surface area contributed by atoms with Crippen molar-refractivity contribution in [2.24, 2.45) is 0 Å². The highest BCUT2D eigenvalue weighted by atomic mass is 35.5. The molecule has 10 heteroatoms. The van der Waals surface area contributed by atoms with E-state index >= 15 is 0 Å². The van der Waals surface area contributed by atoms with Gasteiger partial charge in [0.15, 0.2) is 0 Å². The fourth-order valence-electron chi connectivity index (χ4n) is 4.76. The molecule has 4 amide bonds. The second kappa shape index (κ2) is 8.05. The SMILES string of the molecule is CC(C)(C)n1cc(-c2ccc(Cl)c(F)c2)c2ccc(C(=O)N3CCC4(CC3)NC(=O)NC4=O)nc21. The molecular formula is C25H25ClFN5O3. The minimum atomic E-state index is -0.949. The van der Waals surface area contributed by atoms with Gasteiger partial charge in [-0.1, -0.05) is 17.7 Å². The summed E-state index contributed by atoms with van der Waals surface area (Å²) in [5.41, 5.74) is 1.06. The second-order valence-corrected chi connectivity index (χ2v) is 10.5. The van der Waals surface area contributed by atoms with Crippen LogP contribution in [0, 0.1) is 5.82 Å². The standard InChI is InChI=1S/C25H25ClFN5O3/c1-24(2,3)32-13-16(14-4-6-17(26)18(27)12-14)15-5-7-19(28-20(15)32)21(33)31-10-8-25(9-11-31)22(34)29-23(35)30-25/h4-7,12-13H,8-11H2,1-3H3,(H2,29,30,34,35). The van der Waals surface area contributed by atoms with Crippen LogP contribution in [0.15, 0.2) is 36.5 Å². The molecule has 35 heavy (non-hydrogen) atoms. The maximum atomic E-state index is 14.2. The lowest BCUT2D eigenvalue weighted by Crippen LogP contribution is -2.55. The van der Waals surface area contributed by atoms with Crippen molar-refractivity contribution in [3.8, 4) is 11.1 Å². The van der Waals surface area contributed by atoms with Gasteiger partial charge in [0.2, 0.25) is 0 Å². The van der Waals surface area contributed by atoms with Crippen LogP contribution in [0.2, 0.25) is 5.02 Å². The van der Waals surface area contributed by atoms with Crippen molar-refractivity contribution in [3.05, 3.63) is 53.1 Å². The summed E-state index contributed by atoms with van der Waals surface area (Å²) < 4.78 is 16.2. The highest BCUT2D eigenvalue weighted by Gasteiger charge is 2.48. The smallest absolute Gasteiger partial charge is 0.322 e. The number of halogens is 2. The van der Waals surface area contributed by atoms with E-state index in [2.05, 4.69) is 10.6 Å². The minimum Gasteiger partial charge on any atom is -0.337 e. The van der Waals surface area contributed by atoms with Gasteiger partial charge in [-0.25, -0.2) is 14.2 Å². The molecular weight excluding hydrogens is 473 g/mol. The molecule has 0 radical (unpaired) electrons. The normalized spacial score (nSPS) is 17.7. The number of pyridine rings is 1. The number of carbonyl (C=O) groups excluding carboxylic acids is 3. The van der Waals surface area contributed by atoms with Crippen molar-refractivity contribution in [2.45, 2.75) is 44.7 Å². The number of nitrogens with one attached hydrogen (secondary N) is 2. The van der Waals surface area contributed by atoms with Gasteiger partial charge in [-0.2, -0.15) is 0 Å². The predicted octanol–water partition coefficient (Wildman–Crippen LogP) is 4.07. The average Bonchev–Trinajstić information content (AvgIpc) is 3.32. The Balaban J connectivity index is 1.48. The number of benzene rings is 1. The number of imide groups is 1. The topological polar surface area (TPSA) is 96.3 Å². The van der Waals surface area contributed by atoms with Crippen LogP contribution >= 0.6 is 11.6 Å². The molecule has 4 heterocycles. The number of hydrogen-bond donors (Lipinski definition) is 2. The largest absolute Gasteiger partial charge is 0.337 e. The third kappa shape index (κ3) is 3.93. The molecule has 1 aromatic carbocycles. The third-order valence-electron chi connectivity index (χ3n) is 6.74. The van der Waals surface area contributed by atoms with E-state index in [1.54, 1.807) is 17.0 Å². The lowest BCUT2D eigenvalue weighted by Gasteiger charge is -2.36. The number of piperidine rings is 1. The van der Waals surface area contributed by atoms with Gasteiger partial charge in [-0.05, 0) is 63.4 Å². The zero-order chi connectivity index (χ0) is 25.1. The Morgan fingerprint density at radius 2 is 1.86 bits per heavy atom. The molecule has 5 rings (SSSR count). The summed E-state index contributed by atoms with van der Waals surface area (Å²) in [6, 6.07) is 7.67. The first kappa shape index (κ1) is 23.3. The lowest BCUT2D eigenvalue weighted by atomic mass is 9.87. The molecule has 2 aliphatic heterocycles. The van der Waals surface area contributed by atoms with Crippen LogP contribution in [-0.4, -0.2) is 50.9 Å². The van der Waals surface area contributed by atoms with Crippen LogP contribution in [0.4, 0.5) is 9.18 Å². The molecule has 2 fully saturated rings. The molecule has 1 spiro atoms. The quantitative estimate of drug-likeness (QED) is 0.522. The van der Waals surface area contributed by atoms with Crippen LogP contribution in [0.1, 0.15) is 44.1 Å². The van der Waals surface area contributed by atoms with Crippen molar-refractivity contribution >= 4 is 40.5 Å². The Morgan fingerprint density at radius 3 is 2.46 bits per heavy atom. The van der Waals surface area contributed by atoms with Crippen LogP contribution in [0.5, 0.6) is 0 Å². The molecule has 2 aliphatic rings. The molecule has 0 unspecified atom stereocenters. The maximum absolute atomic E-state index is 14.2. The summed E-state index contributed by atoms with van der Waals surface area (Å²) in [5.74, 6) is -1.09. The molecule has 0 saturated carbocycles. The summed E-state index contributed by atoms with van der Waals surface area (Å²) in [6.45, 7) is 6.73. The van der Waals surface area contributed by atoms with E-state index in [1.807, 2.05) is 37.6 Å². The first-order chi connectivity index (χ1) is 16.5. The van der Waals surface area contributed by atoms with E-state index in [-0.39, 0.29) is 28.1 Å². The number of amides is 4. The minimum absolute atomic E-state index is 0.0530. The van der Waals surface area contributed by atoms with E-state index in [0.29, 0.717) is 37.1 Å². The molecule has 2 N–H and O–H groups in total. The number of carbonyl (C=O) groups is 3. The number of nitrogens with zero attached hydrogens (tertiary/aromatic N) is 3. The molecule has 2 aromatic heterocycles. The van der Waals surface area contributed by atoms with E-state index < -0.39 is 17.4 Å². The van der Waals surface area contributed by atoms with Gasteiger partial charge in [0.25, 0.3) is 11.8 Å². The highest BCUT2D eigenvalue weighted by Crippen LogP contribution is 2.35. The zero-order valence-corrected chi connectivity index (χ0v) is 20.4. The van der Waals surface area contributed by atoms with Gasteiger partial charge >= 0.3 is 6.03 Å². The first-order valence-electron chi connectivity index (χ1n) is 11.4. The summed E-state index contributed by atoms with van der Waals surface area (Å²) >= 11 is 5.87. The van der Waals surface area contributed by atoms with E-state index in [4.69, 9.17) is 16.6 Å². The number of rotatable bonds is 2. The molecule has 2 saturated heterocycles. The number of hydrogen-bond acceptors (Lipinski definition) is 4. The number of aromatic nitrogens is 2. The Kier molecular flexibility index (Phi) is 5.36. The van der Waals surface area contributed by atoms with Gasteiger partial charge in [-0.15, -0.1) is 0 Å². The van der Waals surface area contributed by atoms with Crippen LogP contribution in [0.25, 0.3) is 22.2 Å². The number of urea groups is 1. The van der Waals surface area contributed by atoms with Crippen molar-refractivity contribution in [2.75, 3.05) is 13.1 Å². The Morgan fingerprint density at radius 1 is 1.14 bits per heavy atom. The molecule has 8 nitrogen and oxygen atoms in total. The number of fused-ring (bicyclic) bond motifs is 1. The first-order valence-corrected chi connectivity index (χ1v) is 11.8. The van der Waals surface area contributed by atoms with E-state index in [1.165, 1.54) is 12.1 Å². The van der Waals surface area contributed by atoms with Crippen molar-refractivity contribution in [1.29, 1.82) is 0 Å². The fraction of sp³-hybridized carbons (Fsp3) is 0.360. The van der Waals surface area contributed by atoms with Crippen molar-refractivity contribution in [3.63, 3.8) is 0 Å². The fourth-order valence-corrected chi connectivity index (χ4v) is 4.88. The van der Waals surface area contributed by atoms with Gasteiger partial charge in [0, 0.05) is 35.8 Å². The molecule has 182 valence electrons. The third-order valence-corrected chi connectivity index (χ3v) is 7.05. The van der Waals surface area contributed by atoms with Crippen molar-refractivity contribution in [1.82, 2.24) is 25.1 Å². The highest BCUT2D eigenvalue weighted by molar-refractivity contribution is 6.30. The Labute approximate surface area is 206 Å². The average molecular weight is 498 g/mol. The zero-order valence-electron chi connectivity index (χ0n) is 19.6. The predicted molar refractivity (Wildman–Crippen MR) is 130 cm³/mol. The van der Waals surface area contributed by atoms with Crippen LogP contribution in [0.3, 0.4) is 0 Å². The van der Waals surface area contributed by atoms with Gasteiger partial charge < -0.3 is 14.8 Å². The summed E-state index contributed by atoms with van der Waals surface area (Å²) in [4.78, 5) is 43.5. The molecule has 0 bridgehead atoms. The van der Waals surface area contributed by atoms with Gasteiger partial charge in [0.05, 0.1) is 5.02 Å². The van der Waals surface area contributed by atoms with E-state index in [9.17, 15) is 18.8 Å². The Bertz CT molecular complexity index is 1390. The lowest BCUT2D eigenvalue weighted by molar-refractivity contribution is -0.125. The Hall–Kier alpha value is -3.46. The van der Waals surface area contributed by atoms with Gasteiger partial charge in [-0.3, -0.25) is 14.9 Å². The summed E-state index contributed by atoms with van der Waals surface area (Å²) in [6.07, 6.45) is 2.59. The monoisotopic (exact) mass is 497 g/mol. The van der Waals surface area contributed by atoms with Crippen molar-refractivity contribution < 1.29 is 18.8 Å². The van der Waals surface area contributed by atoms with E-state index in [0.717, 1.165) is 10.9 Å². The molecule has 0 atom stereocenters. The molecule has 3 aromatic rings. The van der Waals surface area contributed by atoms with Crippen LogP contribution < -0.4 is 10.6 Å². The van der Waals surface area contributed by atoms with Crippen LogP contribution in [-0.2, 0) is 10.3 Å². The maximum Gasteiger partial charge on any atom is 0.322 e. The number of likely N-dealkylation sites (tertiary alicyclic amines) is 1. The summed E-state index contributed by atoms with van der Waals surface area (Å²) in [5, 5.41) is 5.82. The second-order valence-electron chi connectivity index (χ2n) is 10.1. The molecule has 0 aliphatic carbocycles. The van der Waals surface area contributed by atoms with Gasteiger partial charge in [0.1, 0.15) is 22.7 Å².